The van der Waals surface area contributed by atoms with Gasteiger partial charge >= 0.3 is 6.18 Å². The standard InChI is InChI=1S/C25H22F3N3O3/c26-25(27,28)17-6-5-7-18(16-17)29-21-10-3-1-8-19(21)23(33)30-12-14-31(15-13-30)24(34)20-9-2-4-11-22(20)32/h1-11,16,29,32H,12-15H2. The van der Waals surface area contributed by atoms with E-state index in [0.29, 0.717) is 24.3 Å². The number of carbonyl (C=O) groups excluding carboxylic acids is 2. The Morgan fingerprint density at radius 3 is 1.94 bits per heavy atom. The second-order valence-electron chi connectivity index (χ2n) is 7.85. The zero-order valence-electron chi connectivity index (χ0n) is 18.0. The lowest BCUT2D eigenvalue weighted by molar-refractivity contribution is -0.137. The van der Waals surface area contributed by atoms with Crippen LogP contribution in [0.15, 0.2) is 72.8 Å². The third-order valence-electron chi connectivity index (χ3n) is 5.61. The molecule has 4 rings (SSSR count). The number of anilines is 2. The first-order valence-electron chi connectivity index (χ1n) is 10.6. The maximum atomic E-state index is 13.2. The highest BCUT2D eigenvalue weighted by Gasteiger charge is 2.31. The fraction of sp³-hybridized carbons (Fsp3) is 0.200. The van der Waals surface area contributed by atoms with Gasteiger partial charge in [-0.3, -0.25) is 9.59 Å². The average Bonchev–Trinajstić information content (AvgIpc) is 2.84. The molecule has 0 atom stereocenters. The smallest absolute Gasteiger partial charge is 0.416 e. The predicted octanol–water partition coefficient (Wildman–Crippen LogP) is 4.75. The molecule has 0 bridgehead atoms. The van der Waals surface area contributed by atoms with Crippen LogP contribution in [0.4, 0.5) is 24.5 Å². The van der Waals surface area contributed by atoms with Crippen LogP contribution in [0.25, 0.3) is 0 Å². The summed E-state index contributed by atoms with van der Waals surface area (Å²) in [5.41, 5.74) is 0.345. The molecule has 34 heavy (non-hydrogen) atoms. The highest BCUT2D eigenvalue weighted by Crippen LogP contribution is 2.32. The summed E-state index contributed by atoms with van der Waals surface area (Å²) in [6.07, 6.45) is -4.47. The molecule has 9 heteroatoms. The molecule has 1 aliphatic rings. The summed E-state index contributed by atoms with van der Waals surface area (Å²) >= 11 is 0. The molecule has 0 saturated carbocycles. The van der Waals surface area contributed by atoms with Crippen LogP contribution in [0.3, 0.4) is 0 Å². The van der Waals surface area contributed by atoms with Crippen LogP contribution in [-0.4, -0.2) is 52.9 Å². The van der Waals surface area contributed by atoms with Crippen molar-refractivity contribution in [1.29, 1.82) is 0 Å². The normalized spacial score (nSPS) is 14.1. The number of phenols is 1. The molecule has 0 unspecified atom stereocenters. The highest BCUT2D eigenvalue weighted by molar-refractivity contribution is 6.01. The number of rotatable bonds is 4. The summed E-state index contributed by atoms with van der Waals surface area (Å²) in [7, 11) is 0. The third kappa shape index (κ3) is 4.98. The summed E-state index contributed by atoms with van der Waals surface area (Å²) in [5, 5.41) is 12.9. The van der Waals surface area contributed by atoms with Crippen molar-refractivity contribution in [2.45, 2.75) is 6.18 Å². The average molecular weight is 469 g/mol. The van der Waals surface area contributed by atoms with Gasteiger partial charge in [0.05, 0.1) is 22.4 Å². The number of aromatic hydroxyl groups is 1. The maximum absolute atomic E-state index is 13.2. The first kappa shape index (κ1) is 23.2. The lowest BCUT2D eigenvalue weighted by Gasteiger charge is -2.35. The number of benzene rings is 3. The number of amides is 2. The topological polar surface area (TPSA) is 72.9 Å². The SMILES string of the molecule is O=C(c1ccccc1O)N1CCN(C(=O)c2ccccc2Nc2cccc(C(F)(F)F)c2)CC1. The first-order valence-corrected chi connectivity index (χ1v) is 10.6. The van der Waals surface area contributed by atoms with Crippen molar-refractivity contribution in [3.05, 3.63) is 89.5 Å². The molecule has 2 N–H and O–H groups in total. The van der Waals surface area contributed by atoms with Gasteiger partial charge in [0.15, 0.2) is 0 Å². The fourth-order valence-corrected chi connectivity index (χ4v) is 3.82. The number of piperazine rings is 1. The Labute approximate surface area is 194 Å². The van der Waals surface area contributed by atoms with E-state index >= 15 is 0 Å². The summed E-state index contributed by atoms with van der Waals surface area (Å²) in [5.74, 6) is -0.692. The van der Waals surface area contributed by atoms with Crippen molar-refractivity contribution in [1.82, 2.24) is 9.80 Å². The lowest BCUT2D eigenvalue weighted by atomic mass is 10.1. The van der Waals surface area contributed by atoms with E-state index in [2.05, 4.69) is 5.32 Å². The van der Waals surface area contributed by atoms with E-state index in [1.807, 2.05) is 0 Å². The van der Waals surface area contributed by atoms with E-state index < -0.39 is 11.7 Å². The zero-order valence-corrected chi connectivity index (χ0v) is 18.0. The minimum Gasteiger partial charge on any atom is -0.507 e. The second kappa shape index (κ2) is 9.46. The number of hydrogen-bond acceptors (Lipinski definition) is 4. The van der Waals surface area contributed by atoms with Crippen molar-refractivity contribution >= 4 is 23.2 Å². The molecule has 0 spiro atoms. The zero-order chi connectivity index (χ0) is 24.3. The molecule has 1 saturated heterocycles. The molecule has 0 radical (unpaired) electrons. The molecule has 1 aliphatic heterocycles. The van der Waals surface area contributed by atoms with Gasteiger partial charge in [-0.2, -0.15) is 13.2 Å². The Morgan fingerprint density at radius 1 is 0.765 bits per heavy atom. The van der Waals surface area contributed by atoms with Crippen molar-refractivity contribution in [2.24, 2.45) is 0 Å². The van der Waals surface area contributed by atoms with Gasteiger partial charge in [0.1, 0.15) is 5.75 Å². The molecule has 176 valence electrons. The lowest BCUT2D eigenvalue weighted by Crippen LogP contribution is -2.50. The van der Waals surface area contributed by atoms with E-state index in [1.54, 1.807) is 52.3 Å². The number of halogens is 3. The van der Waals surface area contributed by atoms with Crippen molar-refractivity contribution in [3.63, 3.8) is 0 Å². The van der Waals surface area contributed by atoms with Crippen LogP contribution in [0, 0.1) is 0 Å². The Bertz CT molecular complexity index is 1210. The van der Waals surface area contributed by atoms with E-state index in [1.165, 1.54) is 18.2 Å². The molecule has 3 aromatic carbocycles. The number of nitrogens with zero attached hydrogens (tertiary/aromatic N) is 2. The van der Waals surface area contributed by atoms with Crippen molar-refractivity contribution in [2.75, 3.05) is 31.5 Å². The first-order chi connectivity index (χ1) is 16.2. The van der Waals surface area contributed by atoms with Gasteiger partial charge in [0.2, 0.25) is 0 Å². The van der Waals surface area contributed by atoms with E-state index in [0.717, 1.165) is 12.1 Å². The summed E-state index contributed by atoms with van der Waals surface area (Å²) in [6.45, 7) is 1.16. The molecular formula is C25H22F3N3O3. The number of para-hydroxylation sites is 2. The van der Waals surface area contributed by atoms with E-state index in [9.17, 15) is 27.9 Å². The van der Waals surface area contributed by atoms with Gasteiger partial charge in [-0.05, 0) is 42.5 Å². The maximum Gasteiger partial charge on any atom is 0.416 e. The molecule has 1 heterocycles. The Balaban J connectivity index is 1.46. The molecule has 2 amide bonds. The summed E-state index contributed by atoms with van der Waals surface area (Å²) in [4.78, 5) is 29.1. The van der Waals surface area contributed by atoms with Crippen LogP contribution in [-0.2, 0) is 6.18 Å². The minimum atomic E-state index is -4.47. The van der Waals surface area contributed by atoms with Gasteiger partial charge in [0, 0.05) is 31.9 Å². The predicted molar refractivity (Wildman–Crippen MR) is 121 cm³/mol. The van der Waals surface area contributed by atoms with Gasteiger partial charge in [0.25, 0.3) is 11.8 Å². The Kier molecular flexibility index (Phi) is 6.45. The molecule has 3 aromatic rings. The van der Waals surface area contributed by atoms with Gasteiger partial charge in [-0.15, -0.1) is 0 Å². The van der Waals surface area contributed by atoms with Crippen LogP contribution >= 0.6 is 0 Å². The fourth-order valence-electron chi connectivity index (χ4n) is 3.82. The Hall–Kier alpha value is -4.01. The summed E-state index contributed by atoms with van der Waals surface area (Å²) < 4.78 is 39.1. The van der Waals surface area contributed by atoms with Crippen LogP contribution in [0.5, 0.6) is 5.75 Å². The number of alkyl halides is 3. The van der Waals surface area contributed by atoms with E-state index in [-0.39, 0.29) is 41.9 Å². The number of phenolic OH excluding ortho intramolecular Hbond substituents is 1. The van der Waals surface area contributed by atoms with Gasteiger partial charge in [-0.25, -0.2) is 0 Å². The summed E-state index contributed by atoms with van der Waals surface area (Å²) in [6, 6.07) is 17.7. The number of nitrogens with one attached hydrogen (secondary N) is 1. The molecule has 0 aliphatic carbocycles. The van der Waals surface area contributed by atoms with Crippen molar-refractivity contribution in [3.8, 4) is 5.75 Å². The van der Waals surface area contributed by atoms with Crippen LogP contribution < -0.4 is 5.32 Å². The Morgan fingerprint density at radius 2 is 1.32 bits per heavy atom. The number of hydrogen-bond donors (Lipinski definition) is 2. The molecular weight excluding hydrogens is 447 g/mol. The second-order valence-corrected chi connectivity index (χ2v) is 7.85. The number of carbonyl (C=O) groups is 2. The third-order valence-corrected chi connectivity index (χ3v) is 5.61. The monoisotopic (exact) mass is 469 g/mol. The van der Waals surface area contributed by atoms with Crippen molar-refractivity contribution < 1.29 is 27.9 Å². The minimum absolute atomic E-state index is 0.0967. The highest BCUT2D eigenvalue weighted by atomic mass is 19.4. The van der Waals surface area contributed by atoms with Gasteiger partial charge in [-0.1, -0.05) is 30.3 Å². The van der Waals surface area contributed by atoms with E-state index in [4.69, 9.17) is 0 Å². The molecule has 6 nitrogen and oxygen atoms in total. The molecule has 1 fully saturated rings. The molecule has 0 aromatic heterocycles. The van der Waals surface area contributed by atoms with Crippen LogP contribution in [0.2, 0.25) is 0 Å². The van der Waals surface area contributed by atoms with Crippen LogP contribution in [0.1, 0.15) is 26.3 Å². The quantitative estimate of drug-likeness (QED) is 0.578. The van der Waals surface area contributed by atoms with Gasteiger partial charge < -0.3 is 20.2 Å². The largest absolute Gasteiger partial charge is 0.507 e.